The van der Waals surface area contributed by atoms with Crippen LogP contribution in [0, 0.1) is 0 Å². The van der Waals surface area contributed by atoms with Crippen molar-refractivity contribution in [3.8, 4) is 5.75 Å². The van der Waals surface area contributed by atoms with Crippen molar-refractivity contribution in [2.45, 2.75) is 12.3 Å². The average molecular weight is 242 g/mol. The topological polar surface area (TPSA) is 35.5 Å². The summed E-state index contributed by atoms with van der Waals surface area (Å²) < 4.78 is 10.5. The molecule has 3 heteroatoms. The minimum Gasteiger partial charge on any atom is -0.493 e. The lowest BCUT2D eigenvalue weighted by molar-refractivity contribution is -0.143. The van der Waals surface area contributed by atoms with Crippen molar-refractivity contribution in [3.05, 3.63) is 42.0 Å². The molecule has 1 unspecified atom stereocenters. The van der Waals surface area contributed by atoms with E-state index in [1.54, 1.807) is 0 Å². The highest BCUT2D eigenvalue weighted by Crippen LogP contribution is 2.39. The van der Waals surface area contributed by atoms with Gasteiger partial charge in [0.05, 0.1) is 19.6 Å². The van der Waals surface area contributed by atoms with Crippen LogP contribution in [0.4, 0.5) is 0 Å². The van der Waals surface area contributed by atoms with Crippen LogP contribution in [0.15, 0.2) is 36.4 Å². The van der Waals surface area contributed by atoms with Crippen molar-refractivity contribution in [1.29, 1.82) is 0 Å². The number of carbonyl (C=O) groups is 1. The SMILES string of the molecule is COC(=O)C1CCOc2ccc3ccccc3c21. The van der Waals surface area contributed by atoms with E-state index in [-0.39, 0.29) is 11.9 Å². The van der Waals surface area contributed by atoms with E-state index in [0.717, 1.165) is 22.1 Å². The molecular formula is C15H14O3. The van der Waals surface area contributed by atoms with E-state index in [1.165, 1.54) is 7.11 Å². The van der Waals surface area contributed by atoms with Gasteiger partial charge in [0.25, 0.3) is 0 Å². The molecule has 1 aliphatic heterocycles. The van der Waals surface area contributed by atoms with Crippen molar-refractivity contribution >= 4 is 16.7 Å². The number of methoxy groups -OCH3 is 1. The van der Waals surface area contributed by atoms with Gasteiger partial charge >= 0.3 is 5.97 Å². The molecule has 0 radical (unpaired) electrons. The van der Waals surface area contributed by atoms with Gasteiger partial charge in [-0.2, -0.15) is 0 Å². The molecule has 0 spiro atoms. The molecule has 0 amide bonds. The summed E-state index contributed by atoms with van der Waals surface area (Å²) >= 11 is 0. The Kier molecular flexibility index (Phi) is 2.67. The van der Waals surface area contributed by atoms with E-state index in [2.05, 4.69) is 0 Å². The molecule has 0 bridgehead atoms. The molecule has 0 saturated carbocycles. The van der Waals surface area contributed by atoms with E-state index in [0.29, 0.717) is 13.0 Å². The third kappa shape index (κ3) is 1.63. The lowest BCUT2D eigenvalue weighted by Gasteiger charge is -2.25. The molecule has 1 atom stereocenters. The number of ether oxygens (including phenoxy) is 2. The fraction of sp³-hybridized carbons (Fsp3) is 0.267. The summed E-state index contributed by atoms with van der Waals surface area (Å²) in [6.07, 6.45) is 0.674. The number of rotatable bonds is 1. The second-order valence-electron chi connectivity index (χ2n) is 4.41. The van der Waals surface area contributed by atoms with Crippen LogP contribution in [-0.2, 0) is 9.53 Å². The fourth-order valence-corrected chi connectivity index (χ4v) is 2.57. The molecule has 0 aromatic heterocycles. The first-order chi connectivity index (χ1) is 8.81. The first kappa shape index (κ1) is 11.1. The molecule has 3 nitrogen and oxygen atoms in total. The highest BCUT2D eigenvalue weighted by molar-refractivity contribution is 5.93. The minimum atomic E-state index is -0.218. The lowest BCUT2D eigenvalue weighted by atomic mass is 9.89. The highest BCUT2D eigenvalue weighted by Gasteiger charge is 2.30. The first-order valence-electron chi connectivity index (χ1n) is 6.03. The number of hydrogen-bond donors (Lipinski definition) is 0. The van der Waals surface area contributed by atoms with Crippen molar-refractivity contribution in [2.24, 2.45) is 0 Å². The maximum Gasteiger partial charge on any atom is 0.313 e. The van der Waals surface area contributed by atoms with E-state index in [1.807, 2.05) is 36.4 Å². The van der Waals surface area contributed by atoms with Crippen molar-refractivity contribution < 1.29 is 14.3 Å². The summed E-state index contributed by atoms with van der Waals surface area (Å²) in [4.78, 5) is 11.9. The minimum absolute atomic E-state index is 0.184. The van der Waals surface area contributed by atoms with Crippen molar-refractivity contribution in [1.82, 2.24) is 0 Å². The predicted molar refractivity (Wildman–Crippen MR) is 68.8 cm³/mol. The van der Waals surface area contributed by atoms with Crippen LogP contribution in [0.25, 0.3) is 10.8 Å². The van der Waals surface area contributed by atoms with Crippen LogP contribution >= 0.6 is 0 Å². The Morgan fingerprint density at radius 3 is 2.94 bits per heavy atom. The Morgan fingerprint density at radius 2 is 2.11 bits per heavy atom. The maximum absolute atomic E-state index is 11.9. The van der Waals surface area contributed by atoms with Gasteiger partial charge in [-0.25, -0.2) is 0 Å². The average Bonchev–Trinajstić information content (AvgIpc) is 2.45. The smallest absolute Gasteiger partial charge is 0.313 e. The Bertz CT molecular complexity index is 604. The number of benzene rings is 2. The largest absolute Gasteiger partial charge is 0.493 e. The number of carbonyl (C=O) groups excluding carboxylic acids is 1. The molecule has 1 heterocycles. The Morgan fingerprint density at radius 1 is 1.28 bits per heavy atom. The number of esters is 1. The molecular weight excluding hydrogens is 228 g/mol. The highest BCUT2D eigenvalue weighted by atomic mass is 16.5. The third-order valence-electron chi connectivity index (χ3n) is 3.43. The van der Waals surface area contributed by atoms with Crippen molar-refractivity contribution in [3.63, 3.8) is 0 Å². The molecule has 3 rings (SSSR count). The zero-order chi connectivity index (χ0) is 12.5. The summed E-state index contributed by atoms with van der Waals surface area (Å²) in [6, 6.07) is 12.0. The number of hydrogen-bond acceptors (Lipinski definition) is 3. The molecule has 1 aliphatic rings. The number of fused-ring (bicyclic) bond motifs is 3. The molecule has 0 N–H and O–H groups in total. The summed E-state index contributed by atoms with van der Waals surface area (Å²) in [5.74, 6) is 0.399. The van der Waals surface area contributed by atoms with Gasteiger partial charge in [-0.15, -0.1) is 0 Å². The van der Waals surface area contributed by atoms with E-state index in [9.17, 15) is 4.79 Å². The Hall–Kier alpha value is -2.03. The summed E-state index contributed by atoms with van der Waals surface area (Å²) in [5, 5.41) is 2.20. The molecule has 0 aliphatic carbocycles. The zero-order valence-electron chi connectivity index (χ0n) is 10.2. The maximum atomic E-state index is 11.9. The van der Waals surface area contributed by atoms with Gasteiger partial charge in [0.2, 0.25) is 0 Å². The van der Waals surface area contributed by atoms with Crippen LogP contribution in [0.1, 0.15) is 17.9 Å². The van der Waals surface area contributed by atoms with E-state index in [4.69, 9.17) is 9.47 Å². The van der Waals surface area contributed by atoms with Crippen LogP contribution in [0.2, 0.25) is 0 Å². The van der Waals surface area contributed by atoms with E-state index >= 15 is 0 Å². The molecule has 18 heavy (non-hydrogen) atoms. The zero-order valence-corrected chi connectivity index (χ0v) is 10.2. The molecule has 0 saturated heterocycles. The van der Waals surface area contributed by atoms with Gasteiger partial charge in [-0.1, -0.05) is 30.3 Å². The summed E-state index contributed by atoms with van der Waals surface area (Å²) in [5.41, 5.74) is 0.964. The molecule has 2 aromatic carbocycles. The summed E-state index contributed by atoms with van der Waals surface area (Å²) in [6.45, 7) is 0.561. The quantitative estimate of drug-likeness (QED) is 0.721. The van der Waals surface area contributed by atoms with Gasteiger partial charge < -0.3 is 9.47 Å². The Labute approximate surface area is 105 Å². The van der Waals surface area contributed by atoms with Gasteiger partial charge in [0.1, 0.15) is 5.75 Å². The third-order valence-corrected chi connectivity index (χ3v) is 3.43. The predicted octanol–water partition coefficient (Wildman–Crippen LogP) is 2.88. The molecule has 0 fully saturated rings. The van der Waals surface area contributed by atoms with Gasteiger partial charge in [-0.3, -0.25) is 4.79 Å². The fourth-order valence-electron chi connectivity index (χ4n) is 2.57. The molecule has 92 valence electrons. The van der Waals surface area contributed by atoms with Gasteiger partial charge in [0, 0.05) is 5.56 Å². The monoisotopic (exact) mass is 242 g/mol. The van der Waals surface area contributed by atoms with Gasteiger partial charge in [0.15, 0.2) is 0 Å². The Balaban J connectivity index is 2.25. The summed E-state index contributed by atoms with van der Waals surface area (Å²) in [7, 11) is 1.43. The van der Waals surface area contributed by atoms with Crippen LogP contribution < -0.4 is 4.74 Å². The van der Waals surface area contributed by atoms with Crippen molar-refractivity contribution in [2.75, 3.05) is 13.7 Å². The van der Waals surface area contributed by atoms with Crippen LogP contribution in [0.5, 0.6) is 5.75 Å². The molecule has 2 aromatic rings. The van der Waals surface area contributed by atoms with E-state index < -0.39 is 0 Å². The van der Waals surface area contributed by atoms with Crippen LogP contribution in [-0.4, -0.2) is 19.7 Å². The standard InChI is InChI=1S/C15H14O3/c1-17-15(16)12-8-9-18-13-7-6-10-4-2-3-5-11(10)14(12)13/h2-7,12H,8-9H2,1H3. The second-order valence-corrected chi connectivity index (χ2v) is 4.41. The van der Waals surface area contributed by atoms with Gasteiger partial charge in [-0.05, 0) is 23.3 Å². The first-order valence-corrected chi connectivity index (χ1v) is 6.03. The normalized spacial score (nSPS) is 17.9. The second kappa shape index (κ2) is 4.33. The lowest BCUT2D eigenvalue weighted by Crippen LogP contribution is -2.22. The van der Waals surface area contributed by atoms with Crippen LogP contribution in [0.3, 0.4) is 0 Å².